The van der Waals surface area contributed by atoms with E-state index in [1.807, 2.05) is 0 Å². The van der Waals surface area contributed by atoms with E-state index in [1.54, 1.807) is 18.1 Å². The second-order valence-corrected chi connectivity index (χ2v) is 13.8. The third-order valence-electron chi connectivity index (χ3n) is 11.8. The second kappa shape index (κ2) is 8.85. The highest BCUT2D eigenvalue weighted by atomic mass is 16.5. The molecule has 4 aliphatic carbocycles. The Morgan fingerprint density at radius 3 is 2.40 bits per heavy atom. The Bertz CT molecular complexity index is 944. The lowest BCUT2D eigenvalue weighted by Crippen LogP contribution is -2.56. The van der Waals surface area contributed by atoms with Crippen LogP contribution in [0.25, 0.3) is 0 Å². The van der Waals surface area contributed by atoms with E-state index in [2.05, 4.69) is 53.7 Å². The smallest absolute Gasteiger partial charge is 0.308 e. The van der Waals surface area contributed by atoms with Gasteiger partial charge in [-0.25, -0.2) is 0 Å². The van der Waals surface area contributed by atoms with Crippen molar-refractivity contribution in [3.05, 3.63) is 23.3 Å². The second-order valence-electron chi connectivity index (χ2n) is 13.8. The zero-order valence-corrected chi connectivity index (χ0v) is 23.4. The summed E-state index contributed by atoms with van der Waals surface area (Å²) in [7, 11) is 1.38. The molecule has 4 heteroatoms. The molecule has 0 aromatic carbocycles. The molecular formula is C31H48O4. The van der Waals surface area contributed by atoms with Gasteiger partial charge in [0.15, 0.2) is 0 Å². The first-order valence-corrected chi connectivity index (χ1v) is 13.9. The molecule has 4 rings (SSSR count). The van der Waals surface area contributed by atoms with Crippen molar-refractivity contribution in [3.63, 3.8) is 0 Å². The van der Waals surface area contributed by atoms with Crippen LogP contribution in [0.3, 0.4) is 0 Å². The van der Waals surface area contributed by atoms with E-state index in [9.17, 15) is 14.7 Å². The average molecular weight is 485 g/mol. The van der Waals surface area contributed by atoms with Crippen molar-refractivity contribution in [2.45, 2.75) is 106 Å². The first kappa shape index (κ1) is 26.6. The van der Waals surface area contributed by atoms with Crippen LogP contribution in [0.4, 0.5) is 0 Å². The molecule has 196 valence electrons. The Kier molecular flexibility index (Phi) is 6.74. The van der Waals surface area contributed by atoms with Gasteiger partial charge in [0.2, 0.25) is 0 Å². The van der Waals surface area contributed by atoms with E-state index in [0.717, 1.165) is 32.1 Å². The molecule has 2 fully saturated rings. The summed E-state index contributed by atoms with van der Waals surface area (Å²) in [5.41, 5.74) is 3.39. The van der Waals surface area contributed by atoms with E-state index in [4.69, 9.17) is 4.74 Å². The molecule has 0 radical (unpaired) electrons. The van der Waals surface area contributed by atoms with Crippen molar-refractivity contribution in [2.24, 2.45) is 45.3 Å². The van der Waals surface area contributed by atoms with Gasteiger partial charge in [0.05, 0.1) is 19.1 Å². The van der Waals surface area contributed by atoms with Crippen LogP contribution in [0.15, 0.2) is 23.3 Å². The van der Waals surface area contributed by atoms with Gasteiger partial charge >= 0.3 is 5.97 Å². The molecule has 0 amide bonds. The number of rotatable bonds is 6. The third kappa shape index (κ3) is 3.88. The number of methoxy groups -OCH3 is 1. The first-order valence-electron chi connectivity index (χ1n) is 13.9. The van der Waals surface area contributed by atoms with Crippen molar-refractivity contribution >= 4 is 11.8 Å². The molecule has 0 heterocycles. The van der Waals surface area contributed by atoms with Crippen LogP contribution in [0, 0.1) is 45.3 Å². The van der Waals surface area contributed by atoms with E-state index < -0.39 is 0 Å². The molecule has 8 atom stereocenters. The quantitative estimate of drug-likeness (QED) is 0.428. The summed E-state index contributed by atoms with van der Waals surface area (Å²) in [5, 5.41) is 10.8. The molecule has 0 unspecified atom stereocenters. The first-order chi connectivity index (χ1) is 16.2. The number of esters is 1. The zero-order valence-electron chi connectivity index (χ0n) is 23.4. The van der Waals surface area contributed by atoms with Gasteiger partial charge in [-0.3, -0.25) is 9.59 Å². The number of aliphatic hydroxyl groups is 1. The maximum absolute atomic E-state index is 12.9. The topological polar surface area (TPSA) is 63.6 Å². The lowest BCUT2D eigenvalue weighted by Gasteiger charge is -2.62. The van der Waals surface area contributed by atoms with Crippen molar-refractivity contribution in [2.75, 3.05) is 7.11 Å². The molecule has 2 saturated carbocycles. The molecule has 0 spiro atoms. The molecule has 0 aliphatic heterocycles. The van der Waals surface area contributed by atoms with Gasteiger partial charge in [0.1, 0.15) is 5.78 Å². The fraction of sp³-hybridized carbons (Fsp3) is 0.806. The number of hydrogen-bond donors (Lipinski definition) is 1. The van der Waals surface area contributed by atoms with Gasteiger partial charge in [-0.05, 0) is 89.1 Å². The van der Waals surface area contributed by atoms with Crippen LogP contribution in [0.2, 0.25) is 0 Å². The number of aliphatic hydroxyl groups excluding tert-OH is 1. The van der Waals surface area contributed by atoms with Crippen LogP contribution >= 0.6 is 0 Å². The minimum atomic E-state index is -0.379. The number of Topliss-reactive ketones (excluding diaryl/α,β-unsaturated/α-hetero) is 1. The normalized spacial score (nSPS) is 41.5. The number of ether oxygens (including phenoxy) is 1. The zero-order chi connectivity index (χ0) is 26.0. The van der Waals surface area contributed by atoms with Crippen LogP contribution in [-0.2, 0) is 14.3 Å². The predicted molar refractivity (Wildman–Crippen MR) is 140 cm³/mol. The SMILES string of the molecule is COC(=O)[C@H](C)CC(=O)C[C@@H](C)[C@]1(C)CC=C2C3=CC[C@H]4C(C)(C)[C@H](O)CC[C@]4(C)[C@@H]3CC[C@]21C. The highest BCUT2D eigenvalue weighted by molar-refractivity contribution is 5.84. The summed E-state index contributed by atoms with van der Waals surface area (Å²) in [6.45, 7) is 15.9. The minimum Gasteiger partial charge on any atom is -0.469 e. The molecule has 0 bridgehead atoms. The van der Waals surface area contributed by atoms with Gasteiger partial charge in [0, 0.05) is 12.8 Å². The van der Waals surface area contributed by atoms with Crippen LogP contribution < -0.4 is 0 Å². The average Bonchev–Trinajstić information content (AvgIpc) is 3.08. The summed E-state index contributed by atoms with van der Waals surface area (Å²) >= 11 is 0. The van der Waals surface area contributed by atoms with Gasteiger partial charge in [0.25, 0.3) is 0 Å². The molecule has 0 saturated heterocycles. The van der Waals surface area contributed by atoms with Crippen molar-refractivity contribution in [1.29, 1.82) is 0 Å². The van der Waals surface area contributed by atoms with Gasteiger partial charge in [-0.15, -0.1) is 0 Å². The maximum atomic E-state index is 12.9. The Hall–Kier alpha value is -1.42. The highest BCUT2D eigenvalue weighted by Crippen LogP contribution is 2.70. The fourth-order valence-electron chi connectivity index (χ4n) is 8.97. The van der Waals surface area contributed by atoms with E-state index in [-0.39, 0.29) is 57.8 Å². The number of hydrogen-bond acceptors (Lipinski definition) is 4. The minimum absolute atomic E-state index is 0.0259. The Morgan fingerprint density at radius 1 is 1.06 bits per heavy atom. The van der Waals surface area contributed by atoms with Gasteiger partial charge in [-0.2, -0.15) is 0 Å². The van der Waals surface area contributed by atoms with E-state index >= 15 is 0 Å². The molecule has 35 heavy (non-hydrogen) atoms. The molecule has 1 N–H and O–H groups in total. The van der Waals surface area contributed by atoms with Gasteiger partial charge in [-0.1, -0.05) is 60.6 Å². The largest absolute Gasteiger partial charge is 0.469 e. The fourth-order valence-corrected chi connectivity index (χ4v) is 8.97. The molecule has 4 aliphatic rings. The summed E-state index contributed by atoms with van der Waals surface area (Å²) in [6, 6.07) is 0. The standard InChI is InChI=1S/C31H48O4/c1-19(27(34)35-8)17-21(32)18-20(2)30(6)15-12-24-22-9-10-25-28(3,4)26(33)13-14-29(25,5)23(22)11-16-31(24,30)7/h9,12,19-20,23,25-26,33H,10-11,13-18H2,1-8H3/t19-,20-,23-,25+,26-,29-,30+,31-/m1/s1. The molecule has 4 nitrogen and oxygen atoms in total. The predicted octanol–water partition coefficient (Wildman–Crippen LogP) is 6.67. The van der Waals surface area contributed by atoms with Crippen LogP contribution in [0.5, 0.6) is 0 Å². The highest BCUT2D eigenvalue weighted by Gasteiger charge is 2.61. The third-order valence-corrected chi connectivity index (χ3v) is 11.8. The number of fused-ring (bicyclic) bond motifs is 5. The van der Waals surface area contributed by atoms with Gasteiger partial charge < -0.3 is 9.84 Å². The summed E-state index contributed by atoms with van der Waals surface area (Å²) in [4.78, 5) is 24.7. The lowest BCUT2D eigenvalue weighted by atomic mass is 9.43. The number of allylic oxidation sites excluding steroid dienone is 4. The monoisotopic (exact) mass is 484 g/mol. The van der Waals surface area contributed by atoms with E-state index in [0.29, 0.717) is 18.3 Å². The van der Waals surface area contributed by atoms with Crippen molar-refractivity contribution in [3.8, 4) is 0 Å². The molecular weight excluding hydrogens is 436 g/mol. The number of carbonyl (C=O) groups excluding carboxylic acids is 2. The Balaban J connectivity index is 1.55. The Labute approximate surface area is 213 Å². The number of ketones is 1. The summed E-state index contributed by atoms with van der Waals surface area (Å²) in [5.74, 6) is 0.798. The van der Waals surface area contributed by atoms with E-state index in [1.165, 1.54) is 13.5 Å². The van der Waals surface area contributed by atoms with Crippen LogP contribution in [0.1, 0.15) is 99.8 Å². The number of carbonyl (C=O) groups is 2. The molecule has 0 aromatic rings. The van der Waals surface area contributed by atoms with Crippen LogP contribution in [-0.4, -0.2) is 30.1 Å². The lowest BCUT2D eigenvalue weighted by molar-refractivity contribution is -0.146. The molecule has 0 aromatic heterocycles. The summed E-state index contributed by atoms with van der Waals surface area (Å²) < 4.78 is 4.82. The Morgan fingerprint density at radius 2 is 1.74 bits per heavy atom. The maximum Gasteiger partial charge on any atom is 0.308 e. The summed E-state index contributed by atoms with van der Waals surface area (Å²) in [6.07, 6.45) is 12.0. The van der Waals surface area contributed by atoms with Crippen molar-refractivity contribution in [1.82, 2.24) is 0 Å². The van der Waals surface area contributed by atoms with Crippen molar-refractivity contribution < 1.29 is 19.4 Å².